The molecule has 3 amide bonds. The van der Waals surface area contributed by atoms with Crippen molar-refractivity contribution in [3.8, 4) is 0 Å². The normalized spacial score (nSPS) is 16.4. The highest BCUT2D eigenvalue weighted by molar-refractivity contribution is 6.31. The third-order valence-corrected chi connectivity index (χ3v) is 4.94. The second-order valence-corrected chi connectivity index (χ2v) is 6.94. The number of anilines is 1. The number of rotatable bonds is 4. The first-order valence-electron chi connectivity index (χ1n) is 8.39. The Hall–Kier alpha value is -2.24. The number of carbonyl (C=O) groups excluding carboxylic acids is 2. The molecule has 1 aliphatic heterocycles. The molecule has 1 saturated heterocycles. The van der Waals surface area contributed by atoms with Crippen LogP contribution in [-0.2, 0) is 11.3 Å². The molecule has 1 unspecified atom stereocenters. The molecule has 0 aromatic heterocycles. The molecule has 26 heavy (non-hydrogen) atoms. The van der Waals surface area contributed by atoms with Gasteiger partial charge in [-0.3, -0.25) is 4.79 Å². The molecule has 1 heterocycles. The molecule has 7 heteroatoms. The van der Waals surface area contributed by atoms with Crippen LogP contribution in [-0.4, -0.2) is 29.4 Å². The van der Waals surface area contributed by atoms with Crippen molar-refractivity contribution in [1.29, 1.82) is 0 Å². The van der Waals surface area contributed by atoms with Gasteiger partial charge in [0.05, 0.1) is 0 Å². The Bertz CT molecular complexity index is 796. The molecule has 1 fully saturated rings. The molecular weight excluding hydrogens is 373 g/mol. The minimum absolute atomic E-state index is 0.173. The van der Waals surface area contributed by atoms with E-state index in [4.69, 9.17) is 23.2 Å². The van der Waals surface area contributed by atoms with E-state index in [1.165, 1.54) is 0 Å². The molecule has 2 aromatic rings. The first kappa shape index (κ1) is 18.5. The zero-order chi connectivity index (χ0) is 18.5. The van der Waals surface area contributed by atoms with E-state index in [1.807, 2.05) is 18.2 Å². The maximum atomic E-state index is 12.5. The van der Waals surface area contributed by atoms with Crippen molar-refractivity contribution in [3.63, 3.8) is 0 Å². The van der Waals surface area contributed by atoms with Crippen LogP contribution < -0.4 is 10.6 Å². The fourth-order valence-electron chi connectivity index (χ4n) is 2.95. The highest BCUT2D eigenvalue weighted by atomic mass is 35.5. The smallest absolute Gasteiger partial charge is 0.322 e. The highest BCUT2D eigenvalue weighted by Crippen LogP contribution is 2.21. The Morgan fingerprint density at radius 1 is 1.08 bits per heavy atom. The number of carbonyl (C=O) groups is 2. The number of halogens is 2. The zero-order valence-corrected chi connectivity index (χ0v) is 15.6. The third-order valence-electron chi connectivity index (χ3n) is 4.32. The Kier molecular flexibility index (Phi) is 6.01. The van der Waals surface area contributed by atoms with E-state index >= 15 is 0 Å². The van der Waals surface area contributed by atoms with E-state index in [0.29, 0.717) is 35.2 Å². The average molecular weight is 392 g/mol. The summed E-state index contributed by atoms with van der Waals surface area (Å²) in [6, 6.07) is 13.4. The molecule has 0 bridgehead atoms. The van der Waals surface area contributed by atoms with Gasteiger partial charge in [0.25, 0.3) is 0 Å². The van der Waals surface area contributed by atoms with E-state index in [9.17, 15) is 9.59 Å². The number of amides is 3. The summed E-state index contributed by atoms with van der Waals surface area (Å²) < 4.78 is 0. The monoisotopic (exact) mass is 391 g/mol. The Balaban J connectivity index is 1.59. The van der Waals surface area contributed by atoms with Crippen LogP contribution in [0.5, 0.6) is 0 Å². The Morgan fingerprint density at radius 3 is 2.54 bits per heavy atom. The number of nitrogens with one attached hydrogen (secondary N) is 2. The number of hydrogen-bond acceptors (Lipinski definition) is 2. The average Bonchev–Trinajstić information content (AvgIpc) is 3.13. The van der Waals surface area contributed by atoms with Gasteiger partial charge in [0, 0.05) is 28.8 Å². The summed E-state index contributed by atoms with van der Waals surface area (Å²) in [5.74, 6) is -0.173. The van der Waals surface area contributed by atoms with Gasteiger partial charge in [-0.15, -0.1) is 0 Å². The third kappa shape index (κ3) is 4.48. The van der Waals surface area contributed by atoms with Crippen molar-refractivity contribution < 1.29 is 9.59 Å². The highest BCUT2D eigenvalue weighted by Gasteiger charge is 2.34. The molecular formula is C19H19Cl2N3O2. The maximum absolute atomic E-state index is 12.5. The second kappa shape index (κ2) is 8.43. The molecule has 3 rings (SSSR count). The van der Waals surface area contributed by atoms with Gasteiger partial charge in [-0.25, -0.2) is 4.79 Å². The van der Waals surface area contributed by atoms with Crippen molar-refractivity contribution in [2.75, 3.05) is 11.9 Å². The number of benzene rings is 2. The lowest BCUT2D eigenvalue weighted by molar-refractivity contribution is -0.124. The lowest BCUT2D eigenvalue weighted by Gasteiger charge is -2.24. The van der Waals surface area contributed by atoms with Crippen molar-refractivity contribution >= 4 is 40.8 Å². The quantitative estimate of drug-likeness (QED) is 0.815. The zero-order valence-electron chi connectivity index (χ0n) is 14.0. The van der Waals surface area contributed by atoms with Crippen molar-refractivity contribution in [2.24, 2.45) is 0 Å². The SMILES string of the molecule is O=C(NCc1ccccc1Cl)C1CCCN1C(=O)Nc1ccc(Cl)cc1. The standard InChI is InChI=1S/C19H19Cl2N3O2/c20-14-7-9-15(10-8-14)23-19(26)24-11-3-6-17(24)18(25)22-12-13-4-1-2-5-16(13)21/h1-2,4-5,7-10,17H,3,6,11-12H2,(H,22,25)(H,23,26). The lowest BCUT2D eigenvalue weighted by atomic mass is 10.2. The Labute approximate surface area is 162 Å². The van der Waals surface area contributed by atoms with Gasteiger partial charge in [0.15, 0.2) is 0 Å². The minimum atomic E-state index is -0.482. The fraction of sp³-hybridized carbons (Fsp3) is 0.263. The fourth-order valence-corrected chi connectivity index (χ4v) is 3.28. The predicted molar refractivity (Wildman–Crippen MR) is 103 cm³/mol. The molecule has 0 aliphatic carbocycles. The predicted octanol–water partition coefficient (Wildman–Crippen LogP) is 4.31. The number of nitrogens with zero attached hydrogens (tertiary/aromatic N) is 1. The molecule has 0 radical (unpaired) electrons. The van der Waals surface area contributed by atoms with Gasteiger partial charge in [0.1, 0.15) is 6.04 Å². The Morgan fingerprint density at radius 2 is 1.81 bits per heavy atom. The van der Waals surface area contributed by atoms with Crippen molar-refractivity contribution in [1.82, 2.24) is 10.2 Å². The van der Waals surface area contributed by atoms with Crippen LogP contribution in [0.4, 0.5) is 10.5 Å². The van der Waals surface area contributed by atoms with Crippen LogP contribution >= 0.6 is 23.2 Å². The van der Waals surface area contributed by atoms with Crippen LogP contribution in [0.1, 0.15) is 18.4 Å². The number of urea groups is 1. The van der Waals surface area contributed by atoms with E-state index in [-0.39, 0.29) is 11.9 Å². The van der Waals surface area contributed by atoms with Crippen LogP contribution in [0.2, 0.25) is 10.0 Å². The summed E-state index contributed by atoms with van der Waals surface area (Å²) in [6.07, 6.45) is 1.43. The molecule has 1 aliphatic rings. The largest absolute Gasteiger partial charge is 0.350 e. The van der Waals surface area contributed by atoms with Gasteiger partial charge in [-0.1, -0.05) is 41.4 Å². The lowest BCUT2D eigenvalue weighted by Crippen LogP contribution is -2.47. The van der Waals surface area contributed by atoms with E-state index in [2.05, 4.69) is 10.6 Å². The summed E-state index contributed by atoms with van der Waals surface area (Å²) >= 11 is 12.0. The second-order valence-electron chi connectivity index (χ2n) is 6.10. The number of likely N-dealkylation sites (tertiary alicyclic amines) is 1. The molecule has 5 nitrogen and oxygen atoms in total. The van der Waals surface area contributed by atoms with Crippen LogP contribution in [0.25, 0.3) is 0 Å². The van der Waals surface area contributed by atoms with Crippen LogP contribution in [0.3, 0.4) is 0 Å². The first-order chi connectivity index (χ1) is 12.5. The van der Waals surface area contributed by atoms with Gasteiger partial charge >= 0.3 is 6.03 Å². The minimum Gasteiger partial charge on any atom is -0.350 e. The summed E-state index contributed by atoms with van der Waals surface area (Å²) in [7, 11) is 0. The topological polar surface area (TPSA) is 61.4 Å². The number of hydrogen-bond donors (Lipinski definition) is 2. The van der Waals surface area contributed by atoms with E-state index < -0.39 is 6.04 Å². The van der Waals surface area contributed by atoms with E-state index in [1.54, 1.807) is 35.2 Å². The first-order valence-corrected chi connectivity index (χ1v) is 9.14. The summed E-state index contributed by atoms with van der Waals surface area (Å²) in [4.78, 5) is 26.6. The van der Waals surface area contributed by atoms with Gasteiger partial charge in [0.2, 0.25) is 5.91 Å². The summed E-state index contributed by atoms with van der Waals surface area (Å²) in [6.45, 7) is 0.880. The molecule has 0 spiro atoms. The van der Waals surface area contributed by atoms with Gasteiger partial charge < -0.3 is 15.5 Å². The maximum Gasteiger partial charge on any atom is 0.322 e. The van der Waals surface area contributed by atoms with Gasteiger partial charge in [-0.05, 0) is 48.7 Å². The van der Waals surface area contributed by atoms with Crippen LogP contribution in [0, 0.1) is 0 Å². The van der Waals surface area contributed by atoms with E-state index in [0.717, 1.165) is 12.0 Å². The molecule has 136 valence electrons. The summed E-state index contributed by atoms with van der Waals surface area (Å²) in [5, 5.41) is 6.89. The van der Waals surface area contributed by atoms with Crippen molar-refractivity contribution in [3.05, 3.63) is 64.1 Å². The molecule has 0 saturated carbocycles. The molecule has 2 aromatic carbocycles. The van der Waals surface area contributed by atoms with Crippen molar-refractivity contribution in [2.45, 2.75) is 25.4 Å². The molecule has 1 atom stereocenters. The van der Waals surface area contributed by atoms with Crippen LogP contribution in [0.15, 0.2) is 48.5 Å². The molecule has 2 N–H and O–H groups in total. The summed E-state index contributed by atoms with van der Waals surface area (Å²) in [5.41, 5.74) is 1.49. The van der Waals surface area contributed by atoms with Gasteiger partial charge in [-0.2, -0.15) is 0 Å².